The molecule has 9 heavy (non-hydrogen) atoms. The standard InChI is InChI=1S/C7H11NO/c9-6-8-7-4-2-1-3-5-7/h7H,1-5H2/i1D2,2D2,3D2,4D2,5D2,7D. The summed E-state index contributed by atoms with van der Waals surface area (Å²) < 4.78 is 82.8. The summed E-state index contributed by atoms with van der Waals surface area (Å²) in [7, 11) is 0. The zero-order valence-electron chi connectivity index (χ0n) is 15.4. The van der Waals surface area contributed by atoms with Gasteiger partial charge in [-0.05, 0) is 12.7 Å². The van der Waals surface area contributed by atoms with Gasteiger partial charge in [0.25, 0.3) is 0 Å². The smallest absolute Gasteiger partial charge is 0.211 e. The highest BCUT2D eigenvalue weighted by Gasteiger charge is 2.10. The number of rotatable bonds is 1. The molecule has 0 amide bonds. The fraction of sp³-hybridized carbons (Fsp3) is 0.857. The molecule has 0 heterocycles. The average molecular weight is 136 g/mol. The van der Waals surface area contributed by atoms with Gasteiger partial charge < -0.3 is 0 Å². The monoisotopic (exact) mass is 136 g/mol. The predicted molar refractivity (Wildman–Crippen MR) is 35.0 cm³/mol. The minimum atomic E-state index is -3.62. The topological polar surface area (TPSA) is 29.4 Å². The Morgan fingerprint density at radius 2 is 2.22 bits per heavy atom. The molecule has 1 saturated carbocycles. The molecule has 0 bridgehead atoms. The molecule has 2 heteroatoms. The van der Waals surface area contributed by atoms with Gasteiger partial charge in [0, 0.05) is 13.7 Å². The first kappa shape index (κ1) is 1.22. The molecule has 0 saturated heterocycles. The third-order valence-corrected chi connectivity index (χ3v) is 0.644. The molecule has 0 radical (unpaired) electrons. The summed E-state index contributed by atoms with van der Waals surface area (Å²) in [5, 5.41) is 0. The molecule has 0 spiro atoms. The lowest BCUT2D eigenvalue weighted by atomic mass is 9.96. The van der Waals surface area contributed by atoms with E-state index in [0.29, 0.717) is 0 Å². The van der Waals surface area contributed by atoms with E-state index in [0.717, 1.165) is 6.08 Å². The quantitative estimate of drug-likeness (QED) is 0.398. The number of hydrogen-bond acceptors (Lipinski definition) is 2. The Morgan fingerprint density at radius 3 is 2.78 bits per heavy atom. The maximum Gasteiger partial charge on any atom is 0.235 e. The van der Waals surface area contributed by atoms with Crippen LogP contribution in [0.2, 0.25) is 0 Å². The molecule has 1 aliphatic rings. The SMILES string of the molecule is [2H]C1([2H])C([2H])([2H])C([2H])([2H])C([2H])(N=C=O)C([2H])([2H])C1([2H])[2H]. The van der Waals surface area contributed by atoms with Gasteiger partial charge in [-0.15, -0.1) is 0 Å². The van der Waals surface area contributed by atoms with Crippen LogP contribution in [0, 0.1) is 0 Å². The Kier molecular flexibility index (Phi) is 0.461. The zero-order chi connectivity index (χ0) is 16.4. The molecule has 0 unspecified atom stereocenters. The lowest BCUT2D eigenvalue weighted by Gasteiger charge is -2.14. The summed E-state index contributed by atoms with van der Waals surface area (Å²) >= 11 is 0. The summed E-state index contributed by atoms with van der Waals surface area (Å²) in [4.78, 5) is 13.0. The van der Waals surface area contributed by atoms with Gasteiger partial charge in [-0.1, -0.05) is 19.1 Å². The van der Waals surface area contributed by atoms with Crippen LogP contribution in [-0.2, 0) is 4.79 Å². The van der Waals surface area contributed by atoms with Crippen molar-refractivity contribution in [2.75, 3.05) is 0 Å². The van der Waals surface area contributed by atoms with E-state index >= 15 is 0 Å². The van der Waals surface area contributed by atoms with Crippen LogP contribution in [0.4, 0.5) is 0 Å². The first-order chi connectivity index (χ1) is 8.56. The maximum atomic E-state index is 10.4. The number of aliphatic imine (C=N–C) groups is 1. The third-order valence-electron chi connectivity index (χ3n) is 0.644. The van der Waals surface area contributed by atoms with Crippen LogP contribution in [0.5, 0.6) is 0 Å². The summed E-state index contributed by atoms with van der Waals surface area (Å²) in [5.41, 5.74) is 0. The molecule has 1 aliphatic carbocycles. The van der Waals surface area contributed by atoms with E-state index < -0.39 is 37.9 Å². The summed E-state index contributed by atoms with van der Waals surface area (Å²) in [6.07, 6.45) is -17.3. The molecule has 0 aromatic heterocycles. The molecule has 0 N–H and O–H groups in total. The Morgan fingerprint density at radius 1 is 1.56 bits per heavy atom. The van der Waals surface area contributed by atoms with E-state index in [-0.39, 0.29) is 0 Å². The van der Waals surface area contributed by atoms with Crippen LogP contribution >= 0.6 is 0 Å². The summed E-state index contributed by atoms with van der Waals surface area (Å²) in [6, 6.07) is -3.53. The van der Waals surface area contributed by atoms with E-state index in [9.17, 15) is 4.79 Å². The van der Waals surface area contributed by atoms with Crippen molar-refractivity contribution in [3.8, 4) is 0 Å². The van der Waals surface area contributed by atoms with E-state index in [1.807, 2.05) is 0 Å². The second kappa shape index (κ2) is 3.41. The van der Waals surface area contributed by atoms with E-state index in [4.69, 9.17) is 15.1 Å². The molecule has 1 rings (SSSR count). The van der Waals surface area contributed by atoms with Gasteiger partial charge in [0.1, 0.15) is 0 Å². The van der Waals surface area contributed by atoms with Gasteiger partial charge in [0.05, 0.1) is 7.39 Å². The fourth-order valence-electron chi connectivity index (χ4n) is 0.345. The molecule has 0 aromatic rings. The van der Waals surface area contributed by atoms with E-state index in [1.54, 1.807) is 0 Å². The lowest BCUT2D eigenvalue weighted by molar-refractivity contribution is 0.439. The van der Waals surface area contributed by atoms with Crippen molar-refractivity contribution < 1.29 is 19.9 Å². The molecular weight excluding hydrogens is 114 g/mol. The molecule has 0 aliphatic heterocycles. The number of nitrogens with zero attached hydrogens (tertiary/aromatic N) is 1. The molecular formula is C7H11NO. The number of hydrogen-bond donors (Lipinski definition) is 0. The highest BCUT2D eigenvalue weighted by atomic mass is 16.1. The van der Waals surface area contributed by atoms with Crippen molar-refractivity contribution in [3.05, 3.63) is 0 Å². The van der Waals surface area contributed by atoms with Crippen molar-refractivity contribution in [1.82, 2.24) is 0 Å². The Bertz CT molecular complexity index is 447. The highest BCUT2D eigenvalue weighted by Crippen LogP contribution is 2.19. The minimum absolute atomic E-state index is 0.744. The summed E-state index contributed by atoms with van der Waals surface area (Å²) in [6.45, 7) is 0. The maximum absolute atomic E-state index is 10.4. The van der Waals surface area contributed by atoms with Crippen LogP contribution in [0.25, 0.3) is 0 Å². The van der Waals surface area contributed by atoms with Crippen molar-refractivity contribution in [2.45, 2.75) is 37.9 Å². The van der Waals surface area contributed by atoms with E-state index in [1.165, 1.54) is 0 Å². The van der Waals surface area contributed by atoms with Gasteiger partial charge in [-0.2, -0.15) is 0 Å². The van der Waals surface area contributed by atoms with Crippen molar-refractivity contribution in [2.24, 2.45) is 4.99 Å². The fourth-order valence-corrected chi connectivity index (χ4v) is 0.345. The Hall–Kier alpha value is -0.620. The normalized spacial score (nSPS) is 70.4. The van der Waals surface area contributed by atoms with E-state index in [2.05, 4.69) is 4.99 Å². The molecule has 0 aromatic carbocycles. The third kappa shape index (κ3) is 1.98. The van der Waals surface area contributed by atoms with Crippen LogP contribution < -0.4 is 0 Å². The lowest BCUT2D eigenvalue weighted by Crippen LogP contribution is -2.08. The van der Waals surface area contributed by atoms with Gasteiger partial charge in [0.2, 0.25) is 6.08 Å². The second-order valence-electron chi connectivity index (χ2n) is 1.18. The predicted octanol–water partition coefficient (Wildman–Crippen LogP) is 1.65. The minimum Gasteiger partial charge on any atom is -0.211 e. The van der Waals surface area contributed by atoms with Crippen molar-refractivity contribution in [3.63, 3.8) is 0 Å². The largest absolute Gasteiger partial charge is 0.235 e. The van der Waals surface area contributed by atoms with Gasteiger partial charge in [0.15, 0.2) is 0 Å². The van der Waals surface area contributed by atoms with Crippen LogP contribution in [0.1, 0.15) is 46.9 Å². The number of isocyanates is 1. The Labute approximate surface area is 70.4 Å². The first-order valence-electron chi connectivity index (χ1n) is 7.65. The molecule has 50 valence electrons. The van der Waals surface area contributed by atoms with Crippen molar-refractivity contribution in [1.29, 1.82) is 0 Å². The van der Waals surface area contributed by atoms with Gasteiger partial charge in [-0.3, -0.25) is 0 Å². The van der Waals surface area contributed by atoms with Crippen LogP contribution in [0.3, 0.4) is 0 Å². The molecule has 2 nitrogen and oxygen atoms in total. The number of carbonyl (C=O) groups excluding carboxylic acids is 1. The second-order valence-corrected chi connectivity index (χ2v) is 1.18. The average Bonchev–Trinajstić information content (AvgIpc) is 2.26. The zero-order valence-corrected chi connectivity index (χ0v) is 4.36. The van der Waals surface area contributed by atoms with Gasteiger partial charge in [-0.25, -0.2) is 9.79 Å². The van der Waals surface area contributed by atoms with Crippen LogP contribution in [-0.4, -0.2) is 12.1 Å². The molecule has 0 atom stereocenters. The Balaban J connectivity index is 3.87. The summed E-state index contributed by atoms with van der Waals surface area (Å²) in [5.74, 6) is 0. The molecule has 1 fully saturated rings. The van der Waals surface area contributed by atoms with Crippen molar-refractivity contribution >= 4 is 6.08 Å². The van der Waals surface area contributed by atoms with Gasteiger partial charge >= 0.3 is 0 Å². The van der Waals surface area contributed by atoms with Crippen LogP contribution in [0.15, 0.2) is 4.99 Å². The highest BCUT2D eigenvalue weighted by molar-refractivity contribution is 5.33. The first-order valence-corrected chi connectivity index (χ1v) is 2.15.